The van der Waals surface area contributed by atoms with Crippen molar-refractivity contribution in [1.82, 2.24) is 0 Å². The minimum Gasteiger partial charge on any atom is -0.489 e. The molecule has 0 fully saturated rings. The summed E-state index contributed by atoms with van der Waals surface area (Å²) in [4.78, 5) is 10.7. The van der Waals surface area contributed by atoms with Crippen LogP contribution in [-0.4, -0.2) is 17.6 Å². The molecule has 0 aliphatic carbocycles. The van der Waals surface area contributed by atoms with Gasteiger partial charge in [-0.2, -0.15) is 0 Å². The van der Waals surface area contributed by atoms with Crippen LogP contribution < -0.4 is 10.1 Å². The Labute approximate surface area is 124 Å². The first-order chi connectivity index (χ1) is 10.1. The van der Waals surface area contributed by atoms with Crippen LogP contribution in [0.25, 0.3) is 0 Å². The highest BCUT2D eigenvalue weighted by Crippen LogP contribution is 2.17. The molecule has 2 aromatic carbocycles. The van der Waals surface area contributed by atoms with Crippen molar-refractivity contribution in [3.63, 3.8) is 0 Å². The lowest BCUT2D eigenvalue weighted by atomic mass is 10.2. The van der Waals surface area contributed by atoms with Gasteiger partial charge >= 0.3 is 5.97 Å². The Bertz CT molecular complexity index is 566. The van der Waals surface area contributed by atoms with Gasteiger partial charge in [-0.25, -0.2) is 0 Å². The molecule has 4 heteroatoms. The maximum atomic E-state index is 10.7. The first kappa shape index (κ1) is 14.9. The second kappa shape index (κ2) is 7.33. The van der Waals surface area contributed by atoms with Crippen molar-refractivity contribution in [1.29, 1.82) is 0 Å². The summed E-state index contributed by atoms with van der Waals surface area (Å²) < 4.78 is 5.69. The van der Waals surface area contributed by atoms with Gasteiger partial charge in [-0.1, -0.05) is 37.3 Å². The zero-order valence-electron chi connectivity index (χ0n) is 12.0. The maximum absolute atomic E-state index is 10.7. The summed E-state index contributed by atoms with van der Waals surface area (Å²) in [5, 5.41) is 11.9. The molecule has 2 rings (SSSR count). The van der Waals surface area contributed by atoms with Gasteiger partial charge in [-0.3, -0.25) is 4.79 Å². The third kappa shape index (κ3) is 4.84. The molecule has 0 aliphatic heterocycles. The molecule has 0 amide bonds. The van der Waals surface area contributed by atoms with Crippen LogP contribution in [-0.2, 0) is 11.4 Å². The van der Waals surface area contributed by atoms with E-state index in [1.807, 2.05) is 54.6 Å². The Hall–Kier alpha value is -2.49. The summed E-state index contributed by atoms with van der Waals surface area (Å²) in [6, 6.07) is 17.5. The van der Waals surface area contributed by atoms with Gasteiger partial charge in [0.05, 0.1) is 5.92 Å². The topological polar surface area (TPSA) is 58.6 Å². The highest BCUT2D eigenvalue weighted by Gasteiger charge is 2.09. The third-order valence-electron chi connectivity index (χ3n) is 3.14. The van der Waals surface area contributed by atoms with E-state index < -0.39 is 11.9 Å². The van der Waals surface area contributed by atoms with E-state index in [0.29, 0.717) is 13.2 Å². The highest BCUT2D eigenvalue weighted by atomic mass is 16.5. The number of benzene rings is 2. The molecule has 2 N–H and O–H groups in total. The molecular weight excluding hydrogens is 266 g/mol. The van der Waals surface area contributed by atoms with Crippen molar-refractivity contribution in [2.75, 3.05) is 11.9 Å². The van der Waals surface area contributed by atoms with Gasteiger partial charge in [0, 0.05) is 12.2 Å². The van der Waals surface area contributed by atoms with Crippen LogP contribution in [0.5, 0.6) is 5.75 Å². The second-order valence-corrected chi connectivity index (χ2v) is 4.92. The van der Waals surface area contributed by atoms with Gasteiger partial charge in [0.1, 0.15) is 12.4 Å². The van der Waals surface area contributed by atoms with E-state index >= 15 is 0 Å². The molecule has 0 heterocycles. The van der Waals surface area contributed by atoms with Crippen molar-refractivity contribution in [2.45, 2.75) is 13.5 Å². The molecule has 0 saturated heterocycles. The van der Waals surface area contributed by atoms with E-state index in [9.17, 15) is 4.79 Å². The highest BCUT2D eigenvalue weighted by molar-refractivity contribution is 5.70. The number of rotatable bonds is 7. The number of carbonyl (C=O) groups is 1. The minimum atomic E-state index is -0.801. The predicted molar refractivity (Wildman–Crippen MR) is 82.5 cm³/mol. The van der Waals surface area contributed by atoms with Crippen LogP contribution >= 0.6 is 0 Å². The van der Waals surface area contributed by atoms with Crippen LogP contribution in [0.3, 0.4) is 0 Å². The zero-order chi connectivity index (χ0) is 15.1. The summed E-state index contributed by atoms with van der Waals surface area (Å²) >= 11 is 0. The summed E-state index contributed by atoms with van der Waals surface area (Å²) in [5.41, 5.74) is 2.00. The largest absolute Gasteiger partial charge is 0.489 e. The second-order valence-electron chi connectivity index (χ2n) is 4.92. The molecule has 1 unspecified atom stereocenters. The average Bonchev–Trinajstić information content (AvgIpc) is 2.52. The number of nitrogens with one attached hydrogen (secondary N) is 1. The summed E-state index contributed by atoms with van der Waals surface area (Å²) in [6.07, 6.45) is 0. The number of carboxylic acid groups (broad SMARTS) is 1. The molecule has 0 aliphatic rings. The molecule has 0 aromatic heterocycles. The normalized spacial score (nSPS) is 11.7. The first-order valence-electron chi connectivity index (χ1n) is 6.88. The van der Waals surface area contributed by atoms with Crippen molar-refractivity contribution >= 4 is 11.7 Å². The van der Waals surface area contributed by atoms with Gasteiger partial charge in [-0.15, -0.1) is 0 Å². The first-order valence-corrected chi connectivity index (χ1v) is 6.88. The molecule has 110 valence electrons. The molecule has 21 heavy (non-hydrogen) atoms. The lowest BCUT2D eigenvalue weighted by Crippen LogP contribution is -2.19. The standard InChI is InChI=1S/C17H19NO3/c1-13(17(19)20)11-18-15-7-9-16(10-8-15)21-12-14-5-3-2-4-6-14/h2-10,13,18H,11-12H2,1H3,(H,19,20). The Morgan fingerprint density at radius 1 is 1.14 bits per heavy atom. The van der Waals surface area contributed by atoms with Crippen LogP contribution in [0.2, 0.25) is 0 Å². The number of hydrogen-bond donors (Lipinski definition) is 2. The van der Waals surface area contributed by atoms with E-state index in [1.165, 1.54) is 0 Å². The van der Waals surface area contributed by atoms with Gasteiger partial charge in [0.25, 0.3) is 0 Å². The third-order valence-corrected chi connectivity index (χ3v) is 3.14. The van der Waals surface area contributed by atoms with Crippen LogP contribution in [0.4, 0.5) is 5.69 Å². The number of ether oxygens (including phenoxy) is 1. The summed E-state index contributed by atoms with van der Waals surface area (Å²) in [6.45, 7) is 2.61. The molecule has 4 nitrogen and oxygen atoms in total. The number of anilines is 1. The number of hydrogen-bond acceptors (Lipinski definition) is 3. The van der Waals surface area contributed by atoms with Crippen molar-refractivity contribution in [2.24, 2.45) is 5.92 Å². The van der Waals surface area contributed by atoms with E-state index in [1.54, 1.807) is 6.92 Å². The molecule has 0 spiro atoms. The monoisotopic (exact) mass is 285 g/mol. The Kier molecular flexibility index (Phi) is 5.21. The lowest BCUT2D eigenvalue weighted by Gasteiger charge is -2.11. The van der Waals surface area contributed by atoms with Crippen LogP contribution in [0.15, 0.2) is 54.6 Å². The van der Waals surface area contributed by atoms with Crippen molar-refractivity contribution < 1.29 is 14.6 Å². The SMILES string of the molecule is CC(CNc1ccc(OCc2ccccc2)cc1)C(=O)O. The van der Waals surface area contributed by atoms with Crippen molar-refractivity contribution in [3.05, 3.63) is 60.2 Å². The van der Waals surface area contributed by atoms with E-state index in [2.05, 4.69) is 5.32 Å². The van der Waals surface area contributed by atoms with Crippen LogP contribution in [0.1, 0.15) is 12.5 Å². The number of carboxylic acids is 1. The average molecular weight is 285 g/mol. The Balaban J connectivity index is 1.83. The molecule has 1 atom stereocenters. The van der Waals surface area contributed by atoms with Gasteiger partial charge < -0.3 is 15.2 Å². The van der Waals surface area contributed by atoms with Crippen LogP contribution in [0, 0.1) is 5.92 Å². The van der Waals surface area contributed by atoms with E-state index in [4.69, 9.17) is 9.84 Å². The fourth-order valence-electron chi connectivity index (χ4n) is 1.77. The quantitative estimate of drug-likeness (QED) is 0.818. The zero-order valence-corrected chi connectivity index (χ0v) is 12.0. The molecule has 0 radical (unpaired) electrons. The van der Waals surface area contributed by atoms with Gasteiger partial charge in [-0.05, 0) is 29.8 Å². The van der Waals surface area contributed by atoms with E-state index in [-0.39, 0.29) is 0 Å². The lowest BCUT2D eigenvalue weighted by molar-refractivity contribution is -0.140. The molecule has 2 aromatic rings. The fraction of sp³-hybridized carbons (Fsp3) is 0.235. The van der Waals surface area contributed by atoms with Gasteiger partial charge in [0.2, 0.25) is 0 Å². The maximum Gasteiger partial charge on any atom is 0.308 e. The molecule has 0 saturated carbocycles. The fourth-order valence-corrected chi connectivity index (χ4v) is 1.77. The van der Waals surface area contributed by atoms with E-state index in [0.717, 1.165) is 17.0 Å². The number of aliphatic carboxylic acids is 1. The Morgan fingerprint density at radius 3 is 2.43 bits per heavy atom. The smallest absolute Gasteiger partial charge is 0.308 e. The van der Waals surface area contributed by atoms with Gasteiger partial charge in [0.15, 0.2) is 0 Å². The summed E-state index contributed by atoms with van der Waals surface area (Å²) in [7, 11) is 0. The molecule has 0 bridgehead atoms. The Morgan fingerprint density at radius 2 is 1.81 bits per heavy atom. The summed E-state index contributed by atoms with van der Waals surface area (Å²) in [5.74, 6) is -0.431. The molecular formula is C17H19NO3. The predicted octanol–water partition coefficient (Wildman–Crippen LogP) is 3.40. The van der Waals surface area contributed by atoms with Crippen molar-refractivity contribution in [3.8, 4) is 5.75 Å². The minimum absolute atomic E-state index is 0.402.